The van der Waals surface area contributed by atoms with Gasteiger partial charge in [0.2, 0.25) is 11.8 Å². The number of hydrogen-bond acceptors (Lipinski definition) is 7. The van der Waals surface area contributed by atoms with Crippen molar-refractivity contribution in [2.24, 2.45) is 7.05 Å². The summed E-state index contributed by atoms with van der Waals surface area (Å²) >= 11 is 6.03. The second kappa shape index (κ2) is 15.0. The standard InChI is InChI=1S/C42H41ClF2N6O2/c1-48-40-34(39(47-48)35-19-20-38(52-27-30-9-4-2-5-10-30)46-41(35)53-28-31-11-6-3-7-12-31)13-8-14-36(40)49-23-25-50(26-24-49)37-21-22-51(29-42(37,44)45)33-17-15-32(43)16-18-33/h2-20,37H,21-29H2,1H3/t37-/m1/s1. The van der Waals surface area contributed by atoms with Crippen molar-refractivity contribution >= 4 is 33.9 Å². The molecule has 8 nitrogen and oxygen atoms in total. The SMILES string of the molecule is Cn1nc(-c2ccc(OCc3ccccc3)nc2OCc2ccccc2)c2cccc(N3CCN([C@@H]4CCN(c5ccc(Cl)cc5)CC4(F)F)CC3)c21. The number of aryl methyl sites for hydroxylation is 1. The maximum Gasteiger partial charge on any atom is 0.280 e. The fourth-order valence-electron chi connectivity index (χ4n) is 7.55. The van der Waals surface area contributed by atoms with Gasteiger partial charge in [-0.1, -0.05) is 84.4 Å². The van der Waals surface area contributed by atoms with Crippen LogP contribution in [0.2, 0.25) is 5.02 Å². The average Bonchev–Trinajstić information content (AvgIpc) is 3.53. The Bertz CT molecular complexity index is 2160. The zero-order valence-corrected chi connectivity index (χ0v) is 30.3. The Morgan fingerprint density at radius 3 is 2.09 bits per heavy atom. The highest BCUT2D eigenvalue weighted by Gasteiger charge is 2.48. The molecule has 0 radical (unpaired) electrons. The molecule has 1 atom stereocenters. The molecule has 0 saturated carbocycles. The van der Waals surface area contributed by atoms with Crippen molar-refractivity contribution in [1.82, 2.24) is 19.7 Å². The Morgan fingerprint density at radius 2 is 1.42 bits per heavy atom. The highest BCUT2D eigenvalue weighted by Crippen LogP contribution is 2.39. The third kappa shape index (κ3) is 7.52. The highest BCUT2D eigenvalue weighted by atomic mass is 35.5. The van der Waals surface area contributed by atoms with Gasteiger partial charge >= 0.3 is 0 Å². The van der Waals surface area contributed by atoms with E-state index in [9.17, 15) is 0 Å². The number of ether oxygens (including phenoxy) is 2. The fourth-order valence-corrected chi connectivity index (χ4v) is 7.67. The van der Waals surface area contributed by atoms with E-state index in [4.69, 9.17) is 31.2 Å². The molecule has 4 aromatic carbocycles. The highest BCUT2D eigenvalue weighted by molar-refractivity contribution is 6.30. The molecule has 2 saturated heterocycles. The molecular formula is C42H41ClF2N6O2. The smallest absolute Gasteiger partial charge is 0.280 e. The minimum absolute atomic E-state index is 0.303. The van der Waals surface area contributed by atoms with Gasteiger partial charge in [-0.25, -0.2) is 8.78 Å². The van der Waals surface area contributed by atoms with E-state index in [1.807, 2.05) is 108 Å². The van der Waals surface area contributed by atoms with Gasteiger partial charge in [-0.05, 0) is 53.9 Å². The first kappa shape index (κ1) is 34.9. The second-order valence-corrected chi connectivity index (χ2v) is 14.1. The number of aromatic nitrogens is 3. The Morgan fingerprint density at radius 1 is 0.736 bits per heavy atom. The van der Waals surface area contributed by atoms with Crippen LogP contribution in [0.3, 0.4) is 0 Å². The third-order valence-electron chi connectivity index (χ3n) is 10.2. The molecule has 4 heterocycles. The lowest BCUT2D eigenvalue weighted by atomic mass is 9.97. The number of piperazine rings is 1. The Hall–Kier alpha value is -5.19. The number of rotatable bonds is 10. The molecular weight excluding hydrogens is 694 g/mol. The van der Waals surface area contributed by atoms with Crippen molar-refractivity contribution in [1.29, 1.82) is 0 Å². The maximum absolute atomic E-state index is 15.7. The molecule has 53 heavy (non-hydrogen) atoms. The number of halogens is 3. The third-order valence-corrected chi connectivity index (χ3v) is 10.5. The average molecular weight is 735 g/mol. The zero-order valence-electron chi connectivity index (χ0n) is 29.5. The molecule has 2 aliphatic rings. The van der Waals surface area contributed by atoms with Crippen LogP contribution in [0.15, 0.2) is 115 Å². The van der Waals surface area contributed by atoms with Crippen molar-refractivity contribution in [3.05, 3.63) is 131 Å². The van der Waals surface area contributed by atoms with Crippen molar-refractivity contribution in [2.75, 3.05) is 49.1 Å². The van der Waals surface area contributed by atoms with Crippen LogP contribution >= 0.6 is 11.6 Å². The van der Waals surface area contributed by atoms with Crippen LogP contribution in [0.4, 0.5) is 20.2 Å². The number of anilines is 2. The van der Waals surface area contributed by atoms with Crippen LogP contribution in [0.1, 0.15) is 17.5 Å². The van der Waals surface area contributed by atoms with E-state index in [0.717, 1.165) is 44.7 Å². The summed E-state index contributed by atoms with van der Waals surface area (Å²) in [7, 11) is 1.94. The Labute approximate surface area is 313 Å². The summed E-state index contributed by atoms with van der Waals surface area (Å²) in [5.74, 6) is -1.95. The summed E-state index contributed by atoms with van der Waals surface area (Å²) in [5.41, 5.74) is 6.34. The van der Waals surface area contributed by atoms with Gasteiger partial charge in [-0.15, -0.1) is 0 Å². The summed E-state index contributed by atoms with van der Waals surface area (Å²) in [5, 5.41) is 6.56. The number of pyridine rings is 1. The normalized spacial score (nSPS) is 17.6. The van der Waals surface area contributed by atoms with E-state index < -0.39 is 12.0 Å². The van der Waals surface area contributed by atoms with Crippen LogP contribution < -0.4 is 19.3 Å². The van der Waals surface area contributed by atoms with E-state index in [1.165, 1.54) is 0 Å². The van der Waals surface area contributed by atoms with Crippen LogP contribution in [-0.4, -0.2) is 70.9 Å². The molecule has 0 bridgehead atoms. The first-order valence-electron chi connectivity index (χ1n) is 18.0. The number of nitrogens with zero attached hydrogens (tertiary/aromatic N) is 6. The summed E-state index contributed by atoms with van der Waals surface area (Å²) in [4.78, 5) is 10.9. The lowest BCUT2D eigenvalue weighted by Crippen LogP contribution is -2.62. The van der Waals surface area contributed by atoms with Crippen LogP contribution in [0.25, 0.3) is 22.2 Å². The van der Waals surface area contributed by atoms with E-state index in [2.05, 4.69) is 17.0 Å². The number of benzene rings is 4. The lowest BCUT2D eigenvalue weighted by Gasteiger charge is -2.47. The number of para-hydroxylation sites is 1. The van der Waals surface area contributed by atoms with Crippen molar-refractivity contribution in [2.45, 2.75) is 31.6 Å². The predicted octanol–water partition coefficient (Wildman–Crippen LogP) is 8.48. The molecule has 11 heteroatoms. The van der Waals surface area contributed by atoms with Gasteiger partial charge in [-0.2, -0.15) is 10.1 Å². The zero-order chi connectivity index (χ0) is 36.4. The van der Waals surface area contributed by atoms with Gasteiger partial charge in [0.15, 0.2) is 0 Å². The number of alkyl halides is 2. The first-order chi connectivity index (χ1) is 25.8. The molecule has 2 fully saturated rings. The molecule has 0 amide bonds. The van der Waals surface area contributed by atoms with E-state index in [-0.39, 0.29) is 6.54 Å². The summed E-state index contributed by atoms with van der Waals surface area (Å²) < 4.78 is 45.7. The summed E-state index contributed by atoms with van der Waals surface area (Å²) in [6.45, 7) is 3.36. The quantitative estimate of drug-likeness (QED) is 0.140. The molecule has 0 N–H and O–H groups in total. The van der Waals surface area contributed by atoms with Gasteiger partial charge in [0.05, 0.1) is 29.4 Å². The molecule has 2 aromatic heterocycles. The summed E-state index contributed by atoms with van der Waals surface area (Å²) in [6.07, 6.45) is 0.398. The van der Waals surface area contributed by atoms with Crippen molar-refractivity contribution in [3.8, 4) is 23.0 Å². The van der Waals surface area contributed by atoms with Crippen molar-refractivity contribution in [3.63, 3.8) is 0 Å². The van der Waals surface area contributed by atoms with E-state index >= 15 is 8.78 Å². The fraction of sp³-hybridized carbons (Fsp3) is 0.286. The van der Waals surface area contributed by atoms with E-state index in [0.29, 0.717) is 69.1 Å². The van der Waals surface area contributed by atoms with Crippen LogP contribution in [-0.2, 0) is 20.3 Å². The first-order valence-corrected chi connectivity index (χ1v) is 18.4. The second-order valence-electron chi connectivity index (χ2n) is 13.7. The maximum atomic E-state index is 15.7. The molecule has 2 aliphatic heterocycles. The lowest BCUT2D eigenvalue weighted by molar-refractivity contribution is -0.0891. The van der Waals surface area contributed by atoms with Crippen LogP contribution in [0, 0.1) is 0 Å². The number of hydrogen-bond donors (Lipinski definition) is 0. The predicted molar refractivity (Wildman–Crippen MR) is 206 cm³/mol. The van der Waals surface area contributed by atoms with E-state index in [1.54, 1.807) is 17.0 Å². The molecule has 0 unspecified atom stereocenters. The van der Waals surface area contributed by atoms with Crippen molar-refractivity contribution < 1.29 is 18.3 Å². The Kier molecular flexibility index (Phi) is 9.90. The van der Waals surface area contributed by atoms with Gasteiger partial charge in [0.25, 0.3) is 5.92 Å². The Balaban J connectivity index is 1.01. The molecule has 6 aromatic rings. The van der Waals surface area contributed by atoms with Crippen LogP contribution in [0.5, 0.6) is 11.8 Å². The summed E-state index contributed by atoms with van der Waals surface area (Å²) in [6, 6.07) is 36.3. The number of fused-ring (bicyclic) bond motifs is 1. The number of piperidine rings is 1. The topological polar surface area (TPSA) is 58.9 Å². The van der Waals surface area contributed by atoms with Gasteiger partial charge in [0.1, 0.15) is 18.9 Å². The monoisotopic (exact) mass is 734 g/mol. The largest absolute Gasteiger partial charge is 0.473 e. The van der Waals surface area contributed by atoms with Gasteiger partial charge in [0, 0.05) is 61.9 Å². The molecule has 0 spiro atoms. The van der Waals surface area contributed by atoms with Gasteiger partial charge in [-0.3, -0.25) is 9.58 Å². The minimum Gasteiger partial charge on any atom is -0.473 e. The molecule has 272 valence electrons. The molecule has 8 rings (SSSR count). The molecule has 0 aliphatic carbocycles. The minimum atomic E-state index is -2.84. The van der Waals surface area contributed by atoms with Gasteiger partial charge < -0.3 is 19.3 Å².